The number of aromatic amines is 1. The van der Waals surface area contributed by atoms with Gasteiger partial charge in [0.25, 0.3) is 0 Å². The summed E-state index contributed by atoms with van der Waals surface area (Å²) in [6.45, 7) is 1.80. The molecule has 0 radical (unpaired) electrons. The lowest BCUT2D eigenvalue weighted by atomic mass is 10.0. The molecule has 31 heavy (non-hydrogen) atoms. The van der Waals surface area contributed by atoms with Crippen molar-refractivity contribution in [1.29, 1.82) is 0 Å². The van der Waals surface area contributed by atoms with Gasteiger partial charge in [-0.1, -0.05) is 18.2 Å². The van der Waals surface area contributed by atoms with Gasteiger partial charge in [0.1, 0.15) is 17.4 Å². The molecule has 4 rings (SSSR count). The van der Waals surface area contributed by atoms with Gasteiger partial charge < -0.3 is 9.64 Å². The monoisotopic (exact) mass is 425 g/mol. The quantitative estimate of drug-likeness (QED) is 0.587. The van der Waals surface area contributed by atoms with Gasteiger partial charge in [-0.15, -0.1) is 0 Å². The number of likely N-dealkylation sites (tertiary alicyclic amines) is 1. The van der Waals surface area contributed by atoms with E-state index in [2.05, 4.69) is 10.2 Å². The Morgan fingerprint density at radius 2 is 1.94 bits per heavy atom. The predicted molar refractivity (Wildman–Crippen MR) is 113 cm³/mol. The van der Waals surface area contributed by atoms with Crippen molar-refractivity contribution in [1.82, 2.24) is 15.1 Å². The number of carbonyl (C=O) groups is 1. The maximum absolute atomic E-state index is 13.2. The molecule has 0 spiro atoms. The van der Waals surface area contributed by atoms with Gasteiger partial charge in [0.2, 0.25) is 5.91 Å². The Hall–Kier alpha value is -3.22. The molecule has 1 fully saturated rings. The van der Waals surface area contributed by atoms with Crippen LogP contribution in [0.3, 0.4) is 0 Å². The van der Waals surface area contributed by atoms with Crippen LogP contribution in [0.4, 0.5) is 8.78 Å². The van der Waals surface area contributed by atoms with Crippen LogP contribution in [0.25, 0.3) is 0 Å². The number of amides is 1. The molecular weight excluding hydrogens is 400 g/mol. The van der Waals surface area contributed by atoms with Crippen molar-refractivity contribution in [2.24, 2.45) is 0 Å². The molecule has 0 aliphatic carbocycles. The highest BCUT2D eigenvalue weighted by molar-refractivity contribution is 5.76. The van der Waals surface area contributed by atoms with Gasteiger partial charge in [0.15, 0.2) is 0 Å². The van der Waals surface area contributed by atoms with Crippen LogP contribution < -0.4 is 4.74 Å². The molecule has 1 saturated heterocycles. The van der Waals surface area contributed by atoms with Crippen molar-refractivity contribution in [3.63, 3.8) is 0 Å². The Morgan fingerprint density at radius 1 is 1.10 bits per heavy atom. The summed E-state index contributed by atoms with van der Waals surface area (Å²) < 4.78 is 31.8. The lowest BCUT2D eigenvalue weighted by Crippen LogP contribution is -2.28. The van der Waals surface area contributed by atoms with Gasteiger partial charge in [0, 0.05) is 43.6 Å². The first kappa shape index (κ1) is 21.0. The molecule has 0 bridgehead atoms. The SMILES string of the molecule is O=C(CCc1ccc(F)cc1)N1CCC(c2cc(CCOc3cccc(F)c3)[nH]n2)C1. The summed E-state index contributed by atoms with van der Waals surface area (Å²) >= 11 is 0. The van der Waals surface area contributed by atoms with Crippen LogP contribution in [0.5, 0.6) is 5.75 Å². The van der Waals surface area contributed by atoms with E-state index >= 15 is 0 Å². The summed E-state index contributed by atoms with van der Waals surface area (Å²) in [5, 5.41) is 7.46. The molecule has 1 aliphatic heterocycles. The molecule has 3 aromatic rings. The van der Waals surface area contributed by atoms with Crippen molar-refractivity contribution < 1.29 is 18.3 Å². The van der Waals surface area contributed by atoms with Crippen LogP contribution >= 0.6 is 0 Å². The second kappa shape index (κ2) is 9.73. The van der Waals surface area contributed by atoms with E-state index in [1.54, 1.807) is 24.3 Å². The largest absolute Gasteiger partial charge is 0.493 e. The number of H-pyrrole nitrogens is 1. The molecule has 1 aliphatic rings. The highest BCUT2D eigenvalue weighted by Gasteiger charge is 2.28. The van der Waals surface area contributed by atoms with E-state index in [9.17, 15) is 13.6 Å². The average Bonchev–Trinajstić information content (AvgIpc) is 3.43. The Bertz CT molecular complexity index is 1020. The van der Waals surface area contributed by atoms with E-state index in [1.165, 1.54) is 24.3 Å². The highest BCUT2D eigenvalue weighted by Crippen LogP contribution is 2.27. The number of halogens is 2. The van der Waals surface area contributed by atoms with Gasteiger partial charge in [-0.2, -0.15) is 5.10 Å². The number of hydrogen-bond donors (Lipinski definition) is 1. The van der Waals surface area contributed by atoms with Gasteiger partial charge in [-0.25, -0.2) is 8.78 Å². The molecule has 1 aromatic heterocycles. The molecule has 1 atom stereocenters. The molecule has 5 nitrogen and oxygen atoms in total. The van der Waals surface area contributed by atoms with Crippen molar-refractivity contribution in [2.75, 3.05) is 19.7 Å². The Kier molecular flexibility index (Phi) is 6.60. The third-order valence-electron chi connectivity index (χ3n) is 5.59. The second-order valence-corrected chi connectivity index (χ2v) is 7.83. The van der Waals surface area contributed by atoms with Gasteiger partial charge in [-0.05, 0) is 48.7 Å². The van der Waals surface area contributed by atoms with Crippen molar-refractivity contribution in [2.45, 2.75) is 31.6 Å². The van der Waals surface area contributed by atoms with E-state index in [0.717, 1.165) is 29.9 Å². The van der Waals surface area contributed by atoms with Crippen molar-refractivity contribution in [3.05, 3.63) is 83.2 Å². The first-order valence-corrected chi connectivity index (χ1v) is 10.5. The van der Waals surface area contributed by atoms with E-state index in [0.29, 0.717) is 38.2 Å². The zero-order valence-corrected chi connectivity index (χ0v) is 17.2. The molecule has 2 heterocycles. The summed E-state index contributed by atoms with van der Waals surface area (Å²) in [5.41, 5.74) is 2.87. The van der Waals surface area contributed by atoms with Crippen LogP contribution in [0.15, 0.2) is 54.6 Å². The maximum Gasteiger partial charge on any atom is 0.222 e. The lowest BCUT2D eigenvalue weighted by molar-refractivity contribution is -0.130. The van der Waals surface area contributed by atoms with Crippen LogP contribution in [-0.4, -0.2) is 40.7 Å². The van der Waals surface area contributed by atoms with E-state index in [4.69, 9.17) is 4.74 Å². The minimum atomic E-state index is -0.320. The molecule has 0 saturated carbocycles. The zero-order chi connectivity index (χ0) is 21.6. The fourth-order valence-electron chi connectivity index (χ4n) is 3.84. The molecule has 1 amide bonds. The Balaban J connectivity index is 1.23. The minimum absolute atomic E-state index is 0.117. The third-order valence-corrected chi connectivity index (χ3v) is 5.59. The molecule has 2 aromatic carbocycles. The Labute approximate surface area is 180 Å². The number of benzene rings is 2. The summed E-state index contributed by atoms with van der Waals surface area (Å²) in [6, 6.07) is 14.4. The molecular formula is C24H25F2N3O2. The number of ether oxygens (including phenoxy) is 1. The third kappa shape index (κ3) is 5.69. The second-order valence-electron chi connectivity index (χ2n) is 7.83. The van der Waals surface area contributed by atoms with Gasteiger partial charge in [0.05, 0.1) is 12.3 Å². The smallest absolute Gasteiger partial charge is 0.222 e. The number of hydrogen-bond acceptors (Lipinski definition) is 3. The van der Waals surface area contributed by atoms with Crippen LogP contribution in [0, 0.1) is 11.6 Å². The fourth-order valence-corrected chi connectivity index (χ4v) is 3.84. The number of aromatic nitrogens is 2. The van der Waals surface area contributed by atoms with Crippen molar-refractivity contribution >= 4 is 5.91 Å². The predicted octanol–water partition coefficient (Wildman–Crippen LogP) is 4.26. The minimum Gasteiger partial charge on any atom is -0.493 e. The van der Waals surface area contributed by atoms with Gasteiger partial charge in [-0.3, -0.25) is 9.89 Å². The molecule has 1 N–H and O–H groups in total. The van der Waals surface area contributed by atoms with Crippen LogP contribution in [-0.2, 0) is 17.6 Å². The molecule has 7 heteroatoms. The summed E-state index contributed by atoms with van der Waals surface area (Å²) in [6.07, 6.45) is 2.54. The van der Waals surface area contributed by atoms with E-state index < -0.39 is 0 Å². The van der Waals surface area contributed by atoms with Crippen molar-refractivity contribution in [3.8, 4) is 5.75 Å². The first-order chi connectivity index (χ1) is 15.1. The molecule has 1 unspecified atom stereocenters. The Morgan fingerprint density at radius 3 is 2.74 bits per heavy atom. The number of nitrogens with one attached hydrogen (secondary N) is 1. The zero-order valence-electron chi connectivity index (χ0n) is 17.2. The van der Waals surface area contributed by atoms with Crippen LogP contribution in [0.2, 0.25) is 0 Å². The first-order valence-electron chi connectivity index (χ1n) is 10.5. The van der Waals surface area contributed by atoms with E-state index in [1.807, 2.05) is 11.0 Å². The number of carbonyl (C=O) groups excluding carboxylic acids is 1. The van der Waals surface area contributed by atoms with E-state index in [-0.39, 0.29) is 23.5 Å². The normalized spacial score (nSPS) is 15.9. The van der Waals surface area contributed by atoms with Crippen LogP contribution in [0.1, 0.15) is 35.7 Å². The number of aryl methyl sites for hydroxylation is 1. The maximum atomic E-state index is 13.2. The average molecular weight is 425 g/mol. The highest BCUT2D eigenvalue weighted by atomic mass is 19.1. The lowest BCUT2D eigenvalue weighted by Gasteiger charge is -2.16. The standard InChI is InChI=1S/C24H25F2N3O2/c25-19-7-4-17(5-8-19)6-9-24(30)29-12-10-18(16-29)23-15-21(27-28-23)11-13-31-22-3-1-2-20(26)14-22/h1-5,7-8,14-15,18H,6,9-13,16H2,(H,27,28). The summed E-state index contributed by atoms with van der Waals surface area (Å²) in [4.78, 5) is 14.4. The molecule has 162 valence electrons. The van der Waals surface area contributed by atoms with Gasteiger partial charge >= 0.3 is 0 Å². The topological polar surface area (TPSA) is 58.2 Å². The number of nitrogens with zero attached hydrogens (tertiary/aromatic N) is 2. The number of rotatable bonds is 8. The summed E-state index contributed by atoms with van der Waals surface area (Å²) in [7, 11) is 0. The fraction of sp³-hybridized carbons (Fsp3) is 0.333. The summed E-state index contributed by atoms with van der Waals surface area (Å²) in [5.74, 6) is 0.246.